The van der Waals surface area contributed by atoms with Gasteiger partial charge in [0.25, 0.3) is 11.5 Å². The number of amides is 2. The Hall–Kier alpha value is -4.34. The predicted molar refractivity (Wildman–Crippen MR) is 123 cm³/mol. The van der Waals surface area contributed by atoms with Crippen molar-refractivity contribution < 1.29 is 14.0 Å². The zero-order chi connectivity index (χ0) is 24.6. The van der Waals surface area contributed by atoms with Crippen LogP contribution in [0.25, 0.3) is 5.69 Å². The lowest BCUT2D eigenvalue weighted by molar-refractivity contribution is -0.128. The van der Waals surface area contributed by atoms with Crippen LogP contribution in [0.15, 0.2) is 70.0 Å². The summed E-state index contributed by atoms with van der Waals surface area (Å²) in [6, 6.07) is 10.6. The molecular formula is C24H22FN5O4. The lowest BCUT2D eigenvalue weighted by atomic mass is 9.85. The minimum Gasteiger partial charge on any atom is -0.322 e. The van der Waals surface area contributed by atoms with Crippen molar-refractivity contribution in [2.45, 2.75) is 19.3 Å². The third kappa shape index (κ3) is 4.29. The summed E-state index contributed by atoms with van der Waals surface area (Å²) in [6.07, 6.45) is 2.58. The van der Waals surface area contributed by atoms with E-state index in [0.29, 0.717) is 22.5 Å². The van der Waals surface area contributed by atoms with Crippen molar-refractivity contribution in [1.82, 2.24) is 19.2 Å². The highest BCUT2D eigenvalue weighted by Gasteiger charge is 2.31. The molecule has 1 aliphatic heterocycles. The molecule has 34 heavy (non-hydrogen) atoms. The van der Waals surface area contributed by atoms with Gasteiger partial charge in [-0.05, 0) is 42.3 Å². The number of anilines is 1. The van der Waals surface area contributed by atoms with E-state index < -0.39 is 28.9 Å². The van der Waals surface area contributed by atoms with Crippen molar-refractivity contribution in [3.8, 4) is 5.69 Å². The van der Waals surface area contributed by atoms with Crippen molar-refractivity contribution >= 4 is 17.5 Å². The first kappa shape index (κ1) is 22.8. The maximum atomic E-state index is 13.4. The van der Waals surface area contributed by atoms with Crippen LogP contribution in [0.3, 0.4) is 0 Å². The Balaban J connectivity index is 1.69. The number of aromatic nitrogens is 3. The van der Waals surface area contributed by atoms with Crippen LogP contribution in [0.2, 0.25) is 0 Å². The van der Waals surface area contributed by atoms with Gasteiger partial charge in [0.2, 0.25) is 5.91 Å². The van der Waals surface area contributed by atoms with Gasteiger partial charge < -0.3 is 10.2 Å². The number of carbonyl (C=O) groups is 2. The molecule has 4 rings (SSSR count). The summed E-state index contributed by atoms with van der Waals surface area (Å²) in [5, 5.41) is 6.75. The first-order valence-corrected chi connectivity index (χ1v) is 10.5. The van der Waals surface area contributed by atoms with E-state index in [-0.39, 0.29) is 12.3 Å². The summed E-state index contributed by atoms with van der Waals surface area (Å²) in [5.74, 6) is -1.55. The van der Waals surface area contributed by atoms with E-state index >= 15 is 0 Å². The smallest absolute Gasteiger partial charge is 0.322 e. The van der Waals surface area contributed by atoms with Gasteiger partial charge in [-0.25, -0.2) is 9.18 Å². The second kappa shape index (κ2) is 8.89. The average Bonchev–Trinajstić information content (AvgIpc) is 2.81. The van der Waals surface area contributed by atoms with E-state index in [1.54, 1.807) is 44.3 Å². The molecule has 2 aromatic carbocycles. The fourth-order valence-corrected chi connectivity index (χ4v) is 3.74. The van der Waals surface area contributed by atoms with E-state index in [9.17, 15) is 23.6 Å². The normalized spacial score (nSPS) is 15.8. The topological polar surface area (TPSA) is 106 Å². The quantitative estimate of drug-likeness (QED) is 0.636. The largest absolute Gasteiger partial charge is 0.351 e. The number of nitrogens with zero attached hydrogens (tertiary/aromatic N) is 4. The van der Waals surface area contributed by atoms with E-state index in [2.05, 4.69) is 10.4 Å². The molecule has 0 spiro atoms. The summed E-state index contributed by atoms with van der Waals surface area (Å²) in [4.78, 5) is 51.1. The third-order valence-corrected chi connectivity index (χ3v) is 5.81. The highest BCUT2D eigenvalue weighted by atomic mass is 19.1. The Kier molecular flexibility index (Phi) is 5.97. The Bertz CT molecular complexity index is 1440. The van der Waals surface area contributed by atoms with Crippen molar-refractivity contribution in [3.05, 3.63) is 98.2 Å². The van der Waals surface area contributed by atoms with E-state index in [1.807, 2.05) is 0 Å². The van der Waals surface area contributed by atoms with Gasteiger partial charge in [0.05, 0.1) is 5.69 Å². The Morgan fingerprint density at radius 2 is 1.79 bits per heavy atom. The predicted octanol–water partition coefficient (Wildman–Crippen LogP) is 1.85. The average molecular weight is 463 g/mol. The van der Waals surface area contributed by atoms with Gasteiger partial charge in [-0.1, -0.05) is 18.2 Å². The van der Waals surface area contributed by atoms with Gasteiger partial charge in [-0.3, -0.25) is 19.0 Å². The molecule has 0 bridgehead atoms. The fourth-order valence-electron chi connectivity index (χ4n) is 3.74. The number of hydrogen-bond acceptors (Lipinski definition) is 5. The summed E-state index contributed by atoms with van der Waals surface area (Å²) in [7, 11) is 2.92. The standard InChI is InChI=1S/C24H22FN5O4/c1-14-4-9-17(30-24(34)29(3)22(32)12-26-30)10-20(14)27-23(33)19-13-28(2)21(31)11-18(19)15-5-7-16(25)8-6-15/h4-10,12-13,18H,11H2,1-3H3,(H,27,33). The van der Waals surface area contributed by atoms with Gasteiger partial charge in [0.15, 0.2) is 0 Å². The van der Waals surface area contributed by atoms with E-state index in [4.69, 9.17) is 0 Å². The molecule has 1 unspecified atom stereocenters. The zero-order valence-corrected chi connectivity index (χ0v) is 18.8. The molecule has 0 aliphatic carbocycles. The highest BCUT2D eigenvalue weighted by molar-refractivity contribution is 6.06. The Morgan fingerprint density at radius 3 is 2.50 bits per heavy atom. The van der Waals surface area contributed by atoms with Crippen LogP contribution in [-0.4, -0.2) is 38.1 Å². The summed E-state index contributed by atoms with van der Waals surface area (Å²) >= 11 is 0. The molecule has 1 aromatic heterocycles. The molecule has 0 fully saturated rings. The molecule has 2 amide bonds. The molecule has 9 nitrogen and oxygen atoms in total. The summed E-state index contributed by atoms with van der Waals surface area (Å²) < 4.78 is 15.4. The van der Waals surface area contributed by atoms with Gasteiger partial charge in [0.1, 0.15) is 12.0 Å². The molecule has 0 radical (unpaired) electrons. The second-order valence-electron chi connectivity index (χ2n) is 8.09. The Labute approximate surface area is 193 Å². The van der Waals surface area contributed by atoms with Gasteiger partial charge in [-0.15, -0.1) is 0 Å². The minimum absolute atomic E-state index is 0.0672. The molecule has 0 saturated heterocycles. The molecular weight excluding hydrogens is 441 g/mol. The summed E-state index contributed by atoms with van der Waals surface area (Å²) in [6.45, 7) is 1.79. The SMILES string of the molecule is Cc1ccc(-n2ncc(=O)n(C)c2=O)cc1NC(=O)C1=CN(C)C(=O)CC1c1ccc(F)cc1. The van der Waals surface area contributed by atoms with Crippen LogP contribution in [0.4, 0.5) is 10.1 Å². The van der Waals surface area contributed by atoms with Gasteiger partial charge >= 0.3 is 5.69 Å². The lowest BCUT2D eigenvalue weighted by Crippen LogP contribution is -2.38. The lowest BCUT2D eigenvalue weighted by Gasteiger charge is -2.28. The van der Waals surface area contributed by atoms with Crippen molar-refractivity contribution in [1.29, 1.82) is 0 Å². The first-order valence-electron chi connectivity index (χ1n) is 10.5. The monoisotopic (exact) mass is 463 g/mol. The maximum absolute atomic E-state index is 13.4. The van der Waals surface area contributed by atoms with Crippen molar-refractivity contribution in [2.24, 2.45) is 7.05 Å². The number of aryl methyl sites for hydroxylation is 1. The number of benzene rings is 2. The third-order valence-electron chi connectivity index (χ3n) is 5.81. The van der Waals surface area contributed by atoms with E-state index in [1.165, 1.54) is 30.3 Å². The first-order chi connectivity index (χ1) is 16.2. The van der Waals surface area contributed by atoms with Crippen LogP contribution < -0.4 is 16.6 Å². The molecule has 0 saturated carbocycles. The van der Waals surface area contributed by atoms with Crippen molar-refractivity contribution in [2.75, 3.05) is 12.4 Å². The van der Waals surface area contributed by atoms with Crippen LogP contribution in [0, 0.1) is 12.7 Å². The number of halogens is 1. The van der Waals surface area contributed by atoms with Gasteiger partial charge in [0, 0.05) is 43.9 Å². The molecule has 10 heteroatoms. The number of carbonyl (C=O) groups excluding carboxylic acids is 2. The van der Waals surface area contributed by atoms with E-state index in [0.717, 1.165) is 21.0 Å². The molecule has 2 heterocycles. The maximum Gasteiger partial charge on any atom is 0.351 e. The zero-order valence-electron chi connectivity index (χ0n) is 18.8. The number of rotatable bonds is 4. The molecule has 1 aliphatic rings. The van der Waals surface area contributed by atoms with Crippen LogP contribution in [-0.2, 0) is 16.6 Å². The Morgan fingerprint density at radius 1 is 1.09 bits per heavy atom. The molecule has 1 N–H and O–H groups in total. The van der Waals surface area contributed by atoms with Crippen LogP contribution in [0.5, 0.6) is 0 Å². The number of nitrogens with one attached hydrogen (secondary N) is 1. The van der Waals surface area contributed by atoms with Gasteiger partial charge in [-0.2, -0.15) is 9.78 Å². The van der Waals surface area contributed by atoms with Crippen molar-refractivity contribution in [3.63, 3.8) is 0 Å². The minimum atomic E-state index is -0.625. The molecule has 3 aromatic rings. The van der Waals surface area contributed by atoms with Crippen LogP contribution >= 0.6 is 0 Å². The molecule has 1 atom stereocenters. The fraction of sp³-hybridized carbons (Fsp3) is 0.208. The summed E-state index contributed by atoms with van der Waals surface area (Å²) in [5.41, 5.74) is 1.36. The number of hydrogen-bond donors (Lipinski definition) is 1. The second-order valence-corrected chi connectivity index (χ2v) is 8.09. The van der Waals surface area contributed by atoms with Crippen LogP contribution in [0.1, 0.15) is 23.5 Å². The molecule has 174 valence electrons. The highest BCUT2D eigenvalue weighted by Crippen LogP contribution is 2.33.